The molecule has 1 N–H and O–H groups in total. The van der Waals surface area contributed by atoms with Gasteiger partial charge in [0.05, 0.1) is 12.3 Å². The summed E-state index contributed by atoms with van der Waals surface area (Å²) in [4.78, 5) is 31.5. The van der Waals surface area contributed by atoms with E-state index in [4.69, 9.17) is 4.74 Å². The maximum atomic E-state index is 11.6. The number of nitrogens with zero attached hydrogens (tertiary/aromatic N) is 5. The summed E-state index contributed by atoms with van der Waals surface area (Å²) in [6.07, 6.45) is 3.51. The molecule has 2 aromatic heterocycles. The molecule has 0 radical (unpaired) electrons. The molecule has 8 heteroatoms. The Kier molecular flexibility index (Phi) is 4.86. The second-order valence-electron chi connectivity index (χ2n) is 6.14. The van der Waals surface area contributed by atoms with Crippen LogP contribution in [0.2, 0.25) is 0 Å². The third kappa shape index (κ3) is 3.95. The quantitative estimate of drug-likeness (QED) is 0.874. The zero-order valence-electron chi connectivity index (χ0n) is 14.2. The van der Waals surface area contributed by atoms with Crippen LogP contribution in [0.5, 0.6) is 0 Å². The summed E-state index contributed by atoms with van der Waals surface area (Å²) in [7, 11) is 3.83. The van der Waals surface area contributed by atoms with Crippen LogP contribution in [0.15, 0.2) is 23.3 Å². The average molecular weight is 330 g/mol. The number of aromatic amines is 1. The molecule has 24 heavy (non-hydrogen) atoms. The van der Waals surface area contributed by atoms with Crippen LogP contribution in [-0.2, 0) is 11.3 Å². The molecular formula is C16H22N6O2. The van der Waals surface area contributed by atoms with E-state index in [2.05, 4.69) is 24.8 Å². The third-order valence-electron chi connectivity index (χ3n) is 3.86. The molecule has 3 heterocycles. The lowest BCUT2D eigenvalue weighted by molar-refractivity contribution is -0.0352. The molecule has 0 aromatic carbocycles. The smallest absolute Gasteiger partial charge is 0.251 e. The van der Waals surface area contributed by atoms with Crippen molar-refractivity contribution in [1.29, 1.82) is 0 Å². The van der Waals surface area contributed by atoms with Gasteiger partial charge in [0, 0.05) is 57.8 Å². The molecule has 1 atom stereocenters. The molecule has 0 amide bonds. The van der Waals surface area contributed by atoms with Crippen molar-refractivity contribution in [3.05, 3.63) is 45.9 Å². The molecule has 0 saturated carbocycles. The first-order valence-electron chi connectivity index (χ1n) is 7.91. The van der Waals surface area contributed by atoms with Gasteiger partial charge >= 0.3 is 0 Å². The normalized spacial score (nSPS) is 18.5. The Hall–Kier alpha value is -2.32. The zero-order chi connectivity index (χ0) is 17.1. The van der Waals surface area contributed by atoms with Crippen LogP contribution in [0, 0.1) is 6.92 Å². The van der Waals surface area contributed by atoms with Crippen molar-refractivity contribution in [3.8, 4) is 0 Å². The minimum atomic E-state index is -0.193. The van der Waals surface area contributed by atoms with Gasteiger partial charge in [-0.15, -0.1) is 0 Å². The Morgan fingerprint density at radius 1 is 1.38 bits per heavy atom. The van der Waals surface area contributed by atoms with E-state index in [9.17, 15) is 4.79 Å². The minimum absolute atomic E-state index is 0.147. The SMILES string of the molecule is Cc1nc([C@@H]2CN(Cc3cnc(N(C)C)nc3)CCO2)cc(=O)[nH]1. The lowest BCUT2D eigenvalue weighted by Crippen LogP contribution is -2.38. The van der Waals surface area contributed by atoms with Crippen molar-refractivity contribution < 1.29 is 4.74 Å². The largest absolute Gasteiger partial charge is 0.369 e. The summed E-state index contributed by atoms with van der Waals surface area (Å²) in [5.74, 6) is 1.30. The van der Waals surface area contributed by atoms with Crippen LogP contribution in [0.1, 0.15) is 23.2 Å². The maximum Gasteiger partial charge on any atom is 0.251 e. The molecule has 0 aliphatic carbocycles. The number of H-pyrrole nitrogens is 1. The highest BCUT2D eigenvalue weighted by Crippen LogP contribution is 2.21. The fraction of sp³-hybridized carbons (Fsp3) is 0.500. The van der Waals surface area contributed by atoms with Gasteiger partial charge in [0.1, 0.15) is 11.9 Å². The van der Waals surface area contributed by atoms with Gasteiger partial charge in [0.15, 0.2) is 0 Å². The Balaban J connectivity index is 1.68. The van der Waals surface area contributed by atoms with E-state index < -0.39 is 0 Å². The van der Waals surface area contributed by atoms with Gasteiger partial charge < -0.3 is 14.6 Å². The number of ether oxygens (including phenoxy) is 1. The van der Waals surface area contributed by atoms with Crippen LogP contribution in [0.25, 0.3) is 0 Å². The Morgan fingerprint density at radius 2 is 2.12 bits per heavy atom. The molecule has 1 aliphatic heterocycles. The lowest BCUT2D eigenvalue weighted by atomic mass is 10.2. The molecule has 3 rings (SSSR count). The number of morpholine rings is 1. The highest BCUT2D eigenvalue weighted by Gasteiger charge is 2.24. The highest BCUT2D eigenvalue weighted by molar-refractivity contribution is 5.26. The van der Waals surface area contributed by atoms with Crippen LogP contribution in [0.4, 0.5) is 5.95 Å². The fourth-order valence-electron chi connectivity index (χ4n) is 2.71. The Bertz CT molecular complexity index is 743. The summed E-state index contributed by atoms with van der Waals surface area (Å²) < 4.78 is 5.80. The molecule has 0 unspecified atom stereocenters. The van der Waals surface area contributed by atoms with Crippen LogP contribution in [0.3, 0.4) is 0 Å². The molecule has 1 aliphatic rings. The van der Waals surface area contributed by atoms with Crippen LogP contribution >= 0.6 is 0 Å². The van der Waals surface area contributed by atoms with Gasteiger partial charge in [-0.3, -0.25) is 9.69 Å². The molecule has 128 valence electrons. The second kappa shape index (κ2) is 7.06. The fourth-order valence-corrected chi connectivity index (χ4v) is 2.71. The van der Waals surface area contributed by atoms with Gasteiger partial charge in [-0.05, 0) is 6.92 Å². The van der Waals surface area contributed by atoms with Gasteiger partial charge in [0.25, 0.3) is 5.56 Å². The Morgan fingerprint density at radius 3 is 2.79 bits per heavy atom. The second-order valence-corrected chi connectivity index (χ2v) is 6.14. The van der Waals surface area contributed by atoms with Crippen molar-refractivity contribution in [1.82, 2.24) is 24.8 Å². The maximum absolute atomic E-state index is 11.6. The molecule has 2 aromatic rings. The van der Waals surface area contributed by atoms with Gasteiger partial charge in [-0.1, -0.05) is 0 Å². The van der Waals surface area contributed by atoms with Crippen LogP contribution < -0.4 is 10.5 Å². The van der Waals surface area contributed by atoms with Crippen molar-refractivity contribution in [3.63, 3.8) is 0 Å². The number of hydrogen-bond donors (Lipinski definition) is 1. The summed E-state index contributed by atoms with van der Waals surface area (Å²) >= 11 is 0. The third-order valence-corrected chi connectivity index (χ3v) is 3.86. The van der Waals surface area contributed by atoms with Gasteiger partial charge in [-0.2, -0.15) is 0 Å². The molecule has 0 bridgehead atoms. The van der Waals surface area contributed by atoms with Crippen LogP contribution in [-0.4, -0.2) is 58.6 Å². The van der Waals surface area contributed by atoms with Crippen molar-refractivity contribution in [2.45, 2.75) is 19.6 Å². The number of rotatable bonds is 4. The number of nitrogens with one attached hydrogen (secondary N) is 1. The van der Waals surface area contributed by atoms with E-state index >= 15 is 0 Å². The number of anilines is 1. The first kappa shape index (κ1) is 16.5. The van der Waals surface area contributed by atoms with E-state index in [0.717, 1.165) is 18.7 Å². The number of aryl methyl sites for hydroxylation is 1. The first-order valence-corrected chi connectivity index (χ1v) is 7.91. The number of hydrogen-bond acceptors (Lipinski definition) is 7. The average Bonchev–Trinajstić information content (AvgIpc) is 2.55. The van der Waals surface area contributed by atoms with E-state index in [0.29, 0.717) is 30.6 Å². The predicted molar refractivity (Wildman–Crippen MR) is 89.9 cm³/mol. The Labute approximate surface area is 140 Å². The topological polar surface area (TPSA) is 87.2 Å². The summed E-state index contributed by atoms with van der Waals surface area (Å²) in [5.41, 5.74) is 1.59. The standard InChI is InChI=1S/C16H22N6O2/c1-11-19-13(6-15(23)20-11)14-10-22(4-5-24-14)9-12-7-17-16(18-8-12)21(2)3/h6-8,14H,4-5,9-10H2,1-3H3,(H,19,20,23)/t14-/m0/s1. The van der Waals surface area contributed by atoms with E-state index in [-0.39, 0.29) is 11.7 Å². The van der Waals surface area contributed by atoms with Crippen molar-refractivity contribution in [2.24, 2.45) is 0 Å². The van der Waals surface area contributed by atoms with Crippen molar-refractivity contribution >= 4 is 5.95 Å². The van der Waals surface area contributed by atoms with Crippen molar-refractivity contribution in [2.75, 3.05) is 38.7 Å². The monoisotopic (exact) mass is 330 g/mol. The van der Waals surface area contributed by atoms with Gasteiger partial charge in [0.2, 0.25) is 5.95 Å². The van der Waals surface area contributed by atoms with Gasteiger partial charge in [-0.25, -0.2) is 15.0 Å². The predicted octanol–water partition coefficient (Wildman–Crippen LogP) is 0.508. The molecule has 1 saturated heterocycles. The number of aromatic nitrogens is 4. The lowest BCUT2D eigenvalue weighted by Gasteiger charge is -2.32. The highest BCUT2D eigenvalue weighted by atomic mass is 16.5. The molecule has 0 spiro atoms. The van der Waals surface area contributed by atoms with E-state index in [1.54, 1.807) is 6.92 Å². The summed E-state index contributed by atoms with van der Waals surface area (Å²) in [6, 6.07) is 1.51. The molecule has 1 fully saturated rings. The minimum Gasteiger partial charge on any atom is -0.369 e. The van der Waals surface area contributed by atoms with E-state index in [1.165, 1.54) is 6.07 Å². The summed E-state index contributed by atoms with van der Waals surface area (Å²) in [5, 5.41) is 0. The zero-order valence-corrected chi connectivity index (χ0v) is 14.2. The van der Waals surface area contributed by atoms with E-state index in [1.807, 2.05) is 31.4 Å². The molecular weight excluding hydrogens is 308 g/mol. The first-order chi connectivity index (χ1) is 11.5. The molecule has 8 nitrogen and oxygen atoms in total. The summed E-state index contributed by atoms with van der Waals surface area (Å²) in [6.45, 7) is 4.64.